The van der Waals surface area contributed by atoms with Crippen molar-refractivity contribution in [3.05, 3.63) is 65.7 Å². The number of ether oxygens (including phenoxy) is 1. The van der Waals surface area contributed by atoms with Gasteiger partial charge in [0, 0.05) is 12.7 Å². The zero-order valence-electron chi connectivity index (χ0n) is 12.7. The maximum Gasteiger partial charge on any atom is 0.472 e. The van der Waals surface area contributed by atoms with Crippen molar-refractivity contribution in [2.45, 2.75) is 6.10 Å². The molecule has 0 aliphatic heterocycles. The maximum atomic E-state index is 12.6. The molecule has 0 saturated carbocycles. The lowest BCUT2D eigenvalue weighted by Gasteiger charge is -2.19. The van der Waals surface area contributed by atoms with E-state index >= 15 is 0 Å². The van der Waals surface area contributed by atoms with E-state index in [9.17, 15) is 14.3 Å². The first-order valence-corrected chi connectivity index (χ1v) is 8.26. The van der Waals surface area contributed by atoms with E-state index in [0.29, 0.717) is 16.9 Å². The van der Waals surface area contributed by atoms with Crippen LogP contribution in [0.2, 0.25) is 0 Å². The van der Waals surface area contributed by atoms with Crippen molar-refractivity contribution >= 4 is 13.6 Å². The van der Waals surface area contributed by atoms with Gasteiger partial charge in [0.1, 0.15) is 5.75 Å². The Labute approximate surface area is 134 Å². The van der Waals surface area contributed by atoms with Crippen molar-refractivity contribution in [1.82, 2.24) is 0 Å². The van der Waals surface area contributed by atoms with Gasteiger partial charge < -0.3 is 9.63 Å². The topological polar surface area (TPSA) is 82.1 Å². The second-order valence-corrected chi connectivity index (χ2v) is 6.15. The Morgan fingerprint density at radius 3 is 2.17 bits per heavy atom. The highest BCUT2D eigenvalue weighted by Crippen LogP contribution is 2.47. The highest BCUT2D eigenvalue weighted by molar-refractivity contribution is 7.47. The number of methoxy groups -OCH3 is 1. The molecule has 2 unspecified atom stereocenters. The van der Waals surface area contributed by atoms with Gasteiger partial charge in [-0.2, -0.15) is 0 Å². The van der Waals surface area contributed by atoms with Crippen LogP contribution in [0.1, 0.15) is 22.0 Å². The molecule has 0 aliphatic rings. The number of phosphoric ester groups is 1. The first-order valence-electron chi connectivity index (χ1n) is 6.77. The molecule has 0 aliphatic carbocycles. The minimum Gasteiger partial charge on any atom is -0.497 e. The van der Waals surface area contributed by atoms with Crippen molar-refractivity contribution in [2.75, 3.05) is 14.2 Å². The molecule has 23 heavy (non-hydrogen) atoms. The molecule has 0 aromatic heterocycles. The Bertz CT molecular complexity index is 698. The van der Waals surface area contributed by atoms with Gasteiger partial charge in [-0.15, -0.1) is 0 Å². The molecule has 6 nitrogen and oxygen atoms in total. The average molecular weight is 336 g/mol. The lowest BCUT2D eigenvalue weighted by atomic mass is 10.00. The highest BCUT2D eigenvalue weighted by atomic mass is 31.2. The maximum absolute atomic E-state index is 12.6. The van der Waals surface area contributed by atoms with Crippen LogP contribution in [0.25, 0.3) is 0 Å². The van der Waals surface area contributed by atoms with E-state index in [4.69, 9.17) is 9.26 Å². The Balaban J connectivity index is 2.38. The van der Waals surface area contributed by atoms with Crippen molar-refractivity contribution in [3.63, 3.8) is 0 Å². The minimum absolute atomic E-state index is 0.365. The van der Waals surface area contributed by atoms with Crippen LogP contribution in [-0.4, -0.2) is 24.9 Å². The summed E-state index contributed by atoms with van der Waals surface area (Å²) in [5.41, 5.74) is 0.787. The summed E-state index contributed by atoms with van der Waals surface area (Å²) in [6, 6.07) is 14.9. The van der Waals surface area contributed by atoms with Gasteiger partial charge in [-0.05, 0) is 17.7 Å². The molecule has 122 valence electrons. The number of hydrogen-bond acceptors (Lipinski definition) is 5. The summed E-state index contributed by atoms with van der Waals surface area (Å²) in [6.45, 7) is 0. The van der Waals surface area contributed by atoms with Crippen LogP contribution in [-0.2, 0) is 13.6 Å². The van der Waals surface area contributed by atoms with E-state index in [1.54, 1.807) is 54.6 Å². The molecule has 0 radical (unpaired) electrons. The summed E-state index contributed by atoms with van der Waals surface area (Å²) >= 11 is 0. The number of benzene rings is 2. The van der Waals surface area contributed by atoms with Gasteiger partial charge in [-0.3, -0.25) is 13.8 Å². The van der Waals surface area contributed by atoms with E-state index in [1.165, 1.54) is 7.11 Å². The average Bonchev–Trinajstić information content (AvgIpc) is 2.60. The van der Waals surface area contributed by atoms with Gasteiger partial charge in [0.05, 0.1) is 7.11 Å². The molecule has 2 aromatic rings. The van der Waals surface area contributed by atoms with Gasteiger partial charge in [-0.25, -0.2) is 4.57 Å². The third-order valence-electron chi connectivity index (χ3n) is 3.18. The SMILES string of the molecule is COc1ccc(C(OP(=O)(O)OC)C(=O)c2ccccc2)cc1. The summed E-state index contributed by atoms with van der Waals surface area (Å²) in [7, 11) is -1.78. The fourth-order valence-corrected chi connectivity index (χ4v) is 2.54. The predicted octanol–water partition coefficient (Wildman–Crippen LogP) is 3.38. The molecule has 0 amide bonds. The quantitative estimate of drug-likeness (QED) is 0.616. The molecular weight excluding hydrogens is 319 g/mol. The second kappa shape index (κ2) is 7.53. The summed E-state index contributed by atoms with van der Waals surface area (Å²) in [5, 5.41) is 0. The fraction of sp³-hybridized carbons (Fsp3) is 0.188. The van der Waals surface area contributed by atoms with Crippen molar-refractivity contribution in [2.24, 2.45) is 0 Å². The van der Waals surface area contributed by atoms with Crippen LogP contribution in [0.4, 0.5) is 0 Å². The Morgan fingerprint density at radius 2 is 1.65 bits per heavy atom. The first-order chi connectivity index (χ1) is 11.0. The number of rotatable bonds is 7. The van der Waals surface area contributed by atoms with E-state index < -0.39 is 19.7 Å². The summed E-state index contributed by atoms with van der Waals surface area (Å²) < 4.78 is 26.3. The molecule has 0 heterocycles. The molecular formula is C16H17O6P. The molecule has 0 bridgehead atoms. The highest BCUT2D eigenvalue weighted by Gasteiger charge is 2.32. The number of Topliss-reactive ketones (excluding diaryl/α,β-unsaturated/α-hetero) is 1. The zero-order chi connectivity index (χ0) is 16.9. The van der Waals surface area contributed by atoms with Gasteiger partial charge in [0.15, 0.2) is 11.9 Å². The standard InChI is InChI=1S/C16H17O6P/c1-20-14-10-8-13(9-11-14)16(22-23(18,19)21-2)15(17)12-6-4-3-5-7-12/h3-11,16H,1-2H3,(H,18,19). The monoisotopic (exact) mass is 336 g/mol. The normalized spacial score (nSPS) is 14.7. The lowest BCUT2D eigenvalue weighted by Crippen LogP contribution is -2.16. The van der Waals surface area contributed by atoms with Gasteiger partial charge >= 0.3 is 7.82 Å². The van der Waals surface area contributed by atoms with E-state index in [1.807, 2.05) is 0 Å². The van der Waals surface area contributed by atoms with Crippen LogP contribution >= 0.6 is 7.82 Å². The number of phosphoric acid groups is 1. The third-order valence-corrected chi connectivity index (χ3v) is 4.12. The van der Waals surface area contributed by atoms with E-state index in [-0.39, 0.29) is 0 Å². The Morgan fingerprint density at radius 1 is 1.04 bits per heavy atom. The van der Waals surface area contributed by atoms with Crippen LogP contribution in [0.5, 0.6) is 5.75 Å². The van der Waals surface area contributed by atoms with E-state index in [2.05, 4.69) is 4.52 Å². The molecule has 2 aromatic carbocycles. The summed E-state index contributed by atoms with van der Waals surface area (Å²) in [6.07, 6.45) is -1.26. The van der Waals surface area contributed by atoms with Crippen LogP contribution in [0.3, 0.4) is 0 Å². The van der Waals surface area contributed by atoms with E-state index in [0.717, 1.165) is 7.11 Å². The number of hydrogen-bond donors (Lipinski definition) is 1. The second-order valence-electron chi connectivity index (χ2n) is 4.64. The Hall–Kier alpha value is -1.98. The summed E-state index contributed by atoms with van der Waals surface area (Å²) in [4.78, 5) is 22.2. The molecule has 2 rings (SSSR count). The molecule has 0 saturated heterocycles. The molecule has 0 fully saturated rings. The first kappa shape index (κ1) is 17.4. The molecule has 0 spiro atoms. The predicted molar refractivity (Wildman–Crippen MR) is 84.4 cm³/mol. The fourth-order valence-electron chi connectivity index (χ4n) is 1.97. The zero-order valence-corrected chi connectivity index (χ0v) is 13.6. The smallest absolute Gasteiger partial charge is 0.472 e. The van der Waals surface area contributed by atoms with Crippen molar-refractivity contribution in [3.8, 4) is 5.75 Å². The number of carbonyl (C=O) groups excluding carboxylic acids is 1. The van der Waals surface area contributed by atoms with Gasteiger partial charge in [-0.1, -0.05) is 42.5 Å². The minimum atomic E-state index is -4.34. The lowest BCUT2D eigenvalue weighted by molar-refractivity contribution is 0.0687. The molecule has 2 atom stereocenters. The van der Waals surface area contributed by atoms with Crippen LogP contribution in [0, 0.1) is 0 Å². The molecule has 7 heteroatoms. The van der Waals surface area contributed by atoms with Gasteiger partial charge in [0.2, 0.25) is 0 Å². The third kappa shape index (κ3) is 4.50. The van der Waals surface area contributed by atoms with Crippen LogP contribution < -0.4 is 4.74 Å². The van der Waals surface area contributed by atoms with Crippen LogP contribution in [0.15, 0.2) is 54.6 Å². The van der Waals surface area contributed by atoms with Crippen molar-refractivity contribution < 1.29 is 28.0 Å². The summed E-state index contributed by atoms with van der Waals surface area (Å²) in [5.74, 6) is 0.153. The number of ketones is 1. The van der Waals surface area contributed by atoms with Gasteiger partial charge in [0.25, 0.3) is 0 Å². The number of carbonyl (C=O) groups is 1. The Kier molecular flexibility index (Phi) is 5.69. The van der Waals surface area contributed by atoms with Crippen molar-refractivity contribution in [1.29, 1.82) is 0 Å². The molecule has 1 N–H and O–H groups in total. The largest absolute Gasteiger partial charge is 0.497 e.